The third-order valence-corrected chi connectivity index (χ3v) is 5.54. The van der Waals surface area contributed by atoms with Gasteiger partial charge in [-0.1, -0.05) is 41.9 Å². The van der Waals surface area contributed by atoms with E-state index in [0.717, 1.165) is 5.39 Å². The van der Waals surface area contributed by atoms with Crippen molar-refractivity contribution in [3.8, 4) is 23.1 Å². The fourth-order valence-electron chi connectivity index (χ4n) is 3.73. The van der Waals surface area contributed by atoms with Crippen LogP contribution in [-0.2, 0) is 0 Å². The lowest BCUT2D eigenvalue weighted by molar-refractivity contribution is 0.311. The first-order chi connectivity index (χ1) is 16.6. The van der Waals surface area contributed by atoms with Gasteiger partial charge in [0.05, 0.1) is 35.9 Å². The summed E-state index contributed by atoms with van der Waals surface area (Å²) < 4.78 is 18.2. The molecular weight excluding hydrogens is 454 g/mol. The van der Waals surface area contributed by atoms with Gasteiger partial charge in [0, 0.05) is 5.39 Å². The molecule has 5 aromatic rings. The molecule has 8 heteroatoms. The van der Waals surface area contributed by atoms with Gasteiger partial charge in [-0.15, -0.1) is 0 Å². The summed E-state index contributed by atoms with van der Waals surface area (Å²) in [5, 5.41) is 6.19. The van der Waals surface area contributed by atoms with Gasteiger partial charge in [-0.3, -0.25) is 4.79 Å². The highest BCUT2D eigenvalue weighted by Crippen LogP contribution is 2.36. The molecule has 34 heavy (non-hydrogen) atoms. The number of nitrogens with zero attached hydrogens (tertiary/aromatic N) is 3. The van der Waals surface area contributed by atoms with Crippen molar-refractivity contribution in [2.45, 2.75) is 6.92 Å². The molecule has 3 aromatic carbocycles. The largest absolute Gasteiger partial charge is 0.491 e. The van der Waals surface area contributed by atoms with Crippen LogP contribution in [0.25, 0.3) is 33.5 Å². The molecule has 170 valence electrons. The summed E-state index contributed by atoms with van der Waals surface area (Å²) in [7, 11) is 1.53. The van der Waals surface area contributed by atoms with Gasteiger partial charge in [-0.25, -0.2) is 4.98 Å². The fraction of sp³-hybridized carbons (Fsp3) is 0.115. The lowest BCUT2D eigenvalue weighted by Crippen LogP contribution is -2.20. The zero-order valence-corrected chi connectivity index (χ0v) is 19.2. The van der Waals surface area contributed by atoms with Crippen LogP contribution in [0.5, 0.6) is 11.5 Å². The van der Waals surface area contributed by atoms with Crippen LogP contribution >= 0.6 is 11.6 Å². The minimum atomic E-state index is -0.318. The summed E-state index contributed by atoms with van der Waals surface area (Å²) in [6, 6.07) is 20.0. The van der Waals surface area contributed by atoms with Crippen LogP contribution < -0.4 is 15.0 Å². The Kier molecular flexibility index (Phi) is 5.77. The maximum Gasteiger partial charge on any atom is 0.282 e. The van der Waals surface area contributed by atoms with Crippen molar-refractivity contribution < 1.29 is 13.9 Å². The van der Waals surface area contributed by atoms with E-state index in [2.05, 4.69) is 5.10 Å². The number of furan rings is 1. The molecule has 0 saturated carbocycles. The monoisotopic (exact) mass is 473 g/mol. The van der Waals surface area contributed by atoms with Crippen molar-refractivity contribution in [2.75, 3.05) is 13.7 Å². The maximum absolute atomic E-state index is 13.4. The number of methoxy groups -OCH3 is 1. The Morgan fingerprint density at radius 2 is 1.91 bits per heavy atom. The molecule has 0 aliphatic carbocycles. The van der Waals surface area contributed by atoms with Gasteiger partial charge in [0.2, 0.25) is 5.82 Å². The third-order valence-electron chi connectivity index (χ3n) is 5.26. The van der Waals surface area contributed by atoms with Gasteiger partial charge in [0.1, 0.15) is 5.58 Å². The third kappa shape index (κ3) is 3.91. The molecule has 0 unspecified atom stereocenters. The average molecular weight is 474 g/mol. The van der Waals surface area contributed by atoms with Crippen LogP contribution in [0, 0.1) is 0 Å². The molecule has 0 aliphatic heterocycles. The lowest BCUT2D eigenvalue weighted by atomic mass is 10.2. The summed E-state index contributed by atoms with van der Waals surface area (Å²) in [6.45, 7) is 2.31. The number of para-hydroxylation sites is 2. The second-order valence-corrected chi connectivity index (χ2v) is 7.84. The van der Waals surface area contributed by atoms with E-state index >= 15 is 0 Å². The van der Waals surface area contributed by atoms with Crippen LogP contribution in [0.15, 0.2) is 81.0 Å². The normalized spacial score (nSPS) is 11.5. The summed E-state index contributed by atoms with van der Waals surface area (Å²) in [4.78, 5) is 18.1. The zero-order chi connectivity index (χ0) is 23.7. The molecule has 0 bridgehead atoms. The second kappa shape index (κ2) is 9.03. The summed E-state index contributed by atoms with van der Waals surface area (Å²) in [5.41, 5.74) is 1.56. The number of aromatic nitrogens is 2. The van der Waals surface area contributed by atoms with Gasteiger partial charge in [0.15, 0.2) is 17.3 Å². The standard InChI is InChI=1S/C26H20ClN3O4/c1-3-33-22-13-16(12-19(27)24(22)32-2)15-28-30-25(23-14-17-8-4-7-11-21(17)34-23)29-20-10-6-5-9-18(20)26(30)31/h4-15H,3H2,1-2H3. The van der Waals surface area contributed by atoms with Crippen molar-refractivity contribution in [1.29, 1.82) is 0 Å². The molecule has 0 radical (unpaired) electrons. The van der Waals surface area contributed by atoms with Gasteiger partial charge >= 0.3 is 0 Å². The molecule has 2 aromatic heterocycles. The molecule has 2 heterocycles. The highest BCUT2D eigenvalue weighted by atomic mass is 35.5. The molecule has 0 aliphatic rings. The average Bonchev–Trinajstić information content (AvgIpc) is 3.28. The van der Waals surface area contributed by atoms with E-state index in [9.17, 15) is 4.79 Å². The van der Waals surface area contributed by atoms with Crippen LogP contribution in [-0.4, -0.2) is 29.6 Å². The van der Waals surface area contributed by atoms with E-state index in [-0.39, 0.29) is 5.56 Å². The smallest absolute Gasteiger partial charge is 0.282 e. The number of hydrogen-bond acceptors (Lipinski definition) is 6. The second-order valence-electron chi connectivity index (χ2n) is 7.43. The molecule has 0 amide bonds. The van der Waals surface area contributed by atoms with Gasteiger partial charge in [-0.2, -0.15) is 9.78 Å². The number of fused-ring (bicyclic) bond motifs is 2. The highest BCUT2D eigenvalue weighted by Gasteiger charge is 2.17. The Hall–Kier alpha value is -4.10. The minimum absolute atomic E-state index is 0.292. The van der Waals surface area contributed by atoms with Crippen molar-refractivity contribution in [3.63, 3.8) is 0 Å². The van der Waals surface area contributed by atoms with E-state index in [4.69, 9.17) is 30.5 Å². The SMILES string of the molecule is CCOc1cc(C=Nn2c(-c3cc4ccccc4o3)nc3ccccc3c2=O)cc(Cl)c1OC. The molecule has 5 rings (SSSR count). The Bertz CT molecular complexity index is 1570. The molecule has 0 fully saturated rings. The molecule has 7 nitrogen and oxygen atoms in total. The van der Waals surface area contributed by atoms with Crippen molar-refractivity contribution in [3.05, 3.63) is 87.7 Å². The van der Waals surface area contributed by atoms with E-state index in [1.165, 1.54) is 18.0 Å². The summed E-state index contributed by atoms with van der Waals surface area (Å²) >= 11 is 6.37. The van der Waals surface area contributed by atoms with Gasteiger partial charge < -0.3 is 13.9 Å². The molecular formula is C26H20ClN3O4. The first kappa shape index (κ1) is 21.7. The van der Waals surface area contributed by atoms with Crippen molar-refractivity contribution in [1.82, 2.24) is 9.66 Å². The molecule has 0 spiro atoms. The summed E-state index contributed by atoms with van der Waals surface area (Å²) in [5.74, 6) is 1.65. The Morgan fingerprint density at radius 3 is 2.71 bits per heavy atom. The number of ether oxygens (including phenoxy) is 2. The predicted molar refractivity (Wildman–Crippen MR) is 133 cm³/mol. The van der Waals surface area contributed by atoms with Crippen LogP contribution in [0.1, 0.15) is 12.5 Å². The Labute approximate surface area is 199 Å². The highest BCUT2D eigenvalue weighted by molar-refractivity contribution is 6.32. The number of hydrogen-bond donors (Lipinski definition) is 0. The van der Waals surface area contributed by atoms with E-state index in [0.29, 0.717) is 56.8 Å². The topological polar surface area (TPSA) is 78.9 Å². The lowest BCUT2D eigenvalue weighted by Gasteiger charge is -2.12. The quantitative estimate of drug-likeness (QED) is 0.293. The van der Waals surface area contributed by atoms with E-state index in [1.54, 1.807) is 30.3 Å². The maximum atomic E-state index is 13.4. The van der Waals surface area contributed by atoms with Crippen molar-refractivity contribution in [2.24, 2.45) is 5.10 Å². The number of benzene rings is 3. The van der Waals surface area contributed by atoms with Crippen molar-refractivity contribution >= 4 is 39.7 Å². The van der Waals surface area contributed by atoms with Crippen LogP contribution in [0.4, 0.5) is 0 Å². The van der Waals surface area contributed by atoms with Gasteiger partial charge in [0.25, 0.3) is 5.56 Å². The first-order valence-corrected chi connectivity index (χ1v) is 11.0. The predicted octanol–water partition coefficient (Wildman–Crippen LogP) is 5.75. The first-order valence-electron chi connectivity index (χ1n) is 10.6. The van der Waals surface area contributed by atoms with E-state index in [1.807, 2.05) is 43.3 Å². The molecule has 0 atom stereocenters. The number of halogens is 1. The van der Waals surface area contributed by atoms with Crippen LogP contribution in [0.2, 0.25) is 5.02 Å². The fourth-order valence-corrected chi connectivity index (χ4v) is 4.03. The molecule has 0 saturated heterocycles. The van der Waals surface area contributed by atoms with Gasteiger partial charge in [-0.05, 0) is 48.9 Å². The van der Waals surface area contributed by atoms with Crippen LogP contribution in [0.3, 0.4) is 0 Å². The minimum Gasteiger partial charge on any atom is -0.491 e. The zero-order valence-electron chi connectivity index (χ0n) is 18.5. The number of rotatable bonds is 6. The Morgan fingerprint density at radius 1 is 1.12 bits per heavy atom. The van der Waals surface area contributed by atoms with E-state index < -0.39 is 0 Å². The summed E-state index contributed by atoms with van der Waals surface area (Å²) in [6.07, 6.45) is 1.53. The Balaban J connectivity index is 1.69. The molecule has 0 N–H and O–H groups in total.